The van der Waals surface area contributed by atoms with E-state index in [-0.39, 0.29) is 22.6 Å². The van der Waals surface area contributed by atoms with Crippen molar-refractivity contribution in [1.29, 1.82) is 0 Å². The molecule has 0 saturated heterocycles. The van der Waals surface area contributed by atoms with Crippen molar-refractivity contribution < 1.29 is 75.0 Å². The van der Waals surface area contributed by atoms with Crippen LogP contribution in [0.15, 0.2) is 23.6 Å². The van der Waals surface area contributed by atoms with Crippen LogP contribution in [0.3, 0.4) is 0 Å². The summed E-state index contributed by atoms with van der Waals surface area (Å²) in [5.74, 6) is -60.8. The number of benzene rings is 1. The molecule has 1 N–H and O–H groups in total. The molecule has 0 unspecified atom stereocenters. The van der Waals surface area contributed by atoms with E-state index in [4.69, 9.17) is 0 Å². The SMILES string of the molecule is Cc1ccc(-c2csc(NC(=O)C(F)(F)C(F)(F)C(F)(F)C(F)(F)C(F)(F)C(F)(F)C(F)(F)C(F)(F)Cl)n2)c(C)c1. The standard InChI is InChI=1S/C20H11ClF16N2OS/c1-7-3-4-9(8(2)5-7)10-6-41-12(38-10)39-11(40)13(22,23)14(24,25)15(26,27)16(28,29)17(30,31)18(32,33)19(34,35)20(21,36)37/h3-6H,1-2H3,(H,38,39,40). The number of aryl methyl sites for hydroxylation is 2. The molecule has 0 atom stereocenters. The number of anilines is 1. The Morgan fingerprint density at radius 2 is 1.17 bits per heavy atom. The number of thiazole rings is 1. The van der Waals surface area contributed by atoms with Crippen LogP contribution in [0.5, 0.6) is 0 Å². The highest BCUT2D eigenvalue weighted by Crippen LogP contribution is 2.64. The lowest BCUT2D eigenvalue weighted by atomic mass is 9.89. The second-order valence-electron chi connectivity index (χ2n) is 8.33. The van der Waals surface area contributed by atoms with E-state index < -0.39 is 57.9 Å². The molecule has 1 heterocycles. The number of carbonyl (C=O) groups excluding carboxylic acids is 1. The molecule has 0 saturated carbocycles. The maximum Gasteiger partial charge on any atom is 0.393 e. The highest BCUT2D eigenvalue weighted by Gasteiger charge is 2.95. The largest absolute Gasteiger partial charge is 0.393 e. The molecule has 1 amide bonds. The number of hydrogen-bond donors (Lipinski definition) is 1. The minimum absolute atomic E-state index is 0.117. The number of carbonyl (C=O) groups is 1. The van der Waals surface area contributed by atoms with Gasteiger partial charge in [-0.3, -0.25) is 10.1 Å². The fourth-order valence-corrected chi connectivity index (χ4v) is 3.86. The Morgan fingerprint density at radius 3 is 1.61 bits per heavy atom. The summed E-state index contributed by atoms with van der Waals surface area (Å²) in [6, 6.07) is 4.55. The summed E-state index contributed by atoms with van der Waals surface area (Å²) in [5.41, 5.74) is 1.40. The van der Waals surface area contributed by atoms with E-state index in [2.05, 4.69) is 16.6 Å². The second kappa shape index (κ2) is 10.0. The lowest BCUT2D eigenvalue weighted by Gasteiger charge is -2.42. The van der Waals surface area contributed by atoms with Crippen molar-refractivity contribution in [3.63, 3.8) is 0 Å². The zero-order valence-electron chi connectivity index (χ0n) is 19.5. The molecule has 0 radical (unpaired) electrons. The summed E-state index contributed by atoms with van der Waals surface area (Å²) in [5, 5.41) is -6.08. The third kappa shape index (κ3) is 5.07. The van der Waals surface area contributed by atoms with Gasteiger partial charge in [-0.1, -0.05) is 23.8 Å². The highest BCUT2D eigenvalue weighted by atomic mass is 35.5. The summed E-state index contributed by atoms with van der Waals surface area (Å²) in [6.45, 7) is 3.20. The van der Waals surface area contributed by atoms with Crippen molar-refractivity contribution in [2.24, 2.45) is 0 Å². The topological polar surface area (TPSA) is 42.0 Å². The van der Waals surface area contributed by atoms with Gasteiger partial charge in [0, 0.05) is 10.9 Å². The Labute approximate surface area is 226 Å². The Hall–Kier alpha value is -2.51. The van der Waals surface area contributed by atoms with Gasteiger partial charge in [0.15, 0.2) is 5.13 Å². The Balaban J connectivity index is 2.47. The van der Waals surface area contributed by atoms with Gasteiger partial charge in [0.1, 0.15) is 0 Å². The first-order chi connectivity index (χ1) is 18.0. The Kier molecular flexibility index (Phi) is 8.50. The highest BCUT2D eigenvalue weighted by molar-refractivity contribution is 7.14. The van der Waals surface area contributed by atoms with Gasteiger partial charge < -0.3 is 0 Å². The van der Waals surface area contributed by atoms with Gasteiger partial charge in [-0.25, -0.2) is 4.98 Å². The van der Waals surface area contributed by atoms with Crippen LogP contribution in [0, 0.1) is 13.8 Å². The number of aromatic nitrogens is 1. The monoisotopic (exact) mass is 666 g/mol. The lowest BCUT2D eigenvalue weighted by Crippen LogP contribution is -2.75. The Morgan fingerprint density at radius 1 is 0.732 bits per heavy atom. The molecule has 3 nitrogen and oxygen atoms in total. The van der Waals surface area contributed by atoms with Gasteiger partial charge in [0.25, 0.3) is 0 Å². The van der Waals surface area contributed by atoms with Gasteiger partial charge in [0.2, 0.25) is 0 Å². The zero-order valence-corrected chi connectivity index (χ0v) is 21.1. The molecule has 1 aromatic carbocycles. The van der Waals surface area contributed by atoms with E-state index in [1.165, 1.54) is 19.1 Å². The van der Waals surface area contributed by atoms with Crippen molar-refractivity contribution in [1.82, 2.24) is 4.98 Å². The molecular weight excluding hydrogens is 656 g/mol. The molecule has 232 valence electrons. The smallest absolute Gasteiger partial charge is 0.296 e. The average Bonchev–Trinajstić information content (AvgIpc) is 3.25. The third-order valence-corrected chi connectivity index (χ3v) is 6.38. The van der Waals surface area contributed by atoms with Crippen LogP contribution in [-0.4, -0.2) is 57.7 Å². The number of amides is 1. The maximum atomic E-state index is 14.1. The first-order valence-corrected chi connectivity index (χ1v) is 11.3. The number of nitrogens with zero attached hydrogens (tertiary/aromatic N) is 1. The molecule has 41 heavy (non-hydrogen) atoms. The molecule has 1 aromatic heterocycles. The molecule has 0 spiro atoms. The van der Waals surface area contributed by atoms with E-state index in [9.17, 15) is 75.0 Å². The zero-order chi connectivity index (χ0) is 32.4. The molecule has 0 aliphatic heterocycles. The van der Waals surface area contributed by atoms with Crippen LogP contribution in [0.2, 0.25) is 0 Å². The quantitative estimate of drug-likeness (QED) is 0.204. The molecule has 0 aliphatic carbocycles. The number of halogens is 17. The first-order valence-electron chi connectivity index (χ1n) is 10.1. The van der Waals surface area contributed by atoms with Crippen LogP contribution >= 0.6 is 22.9 Å². The normalized spacial score (nSPS) is 14.8. The lowest BCUT2D eigenvalue weighted by molar-refractivity contribution is -0.445. The summed E-state index contributed by atoms with van der Waals surface area (Å²) < 4.78 is 217. The minimum atomic E-state index is -8.65. The number of alkyl halides is 17. The van der Waals surface area contributed by atoms with Crippen molar-refractivity contribution in [3.8, 4) is 11.3 Å². The number of hydrogen-bond acceptors (Lipinski definition) is 3. The predicted molar refractivity (Wildman–Crippen MR) is 111 cm³/mol. The molecule has 2 aromatic rings. The predicted octanol–water partition coefficient (Wildman–Crippen LogP) is 8.64. The number of rotatable bonds is 10. The van der Waals surface area contributed by atoms with Crippen LogP contribution < -0.4 is 5.32 Å². The molecule has 21 heteroatoms. The average molecular weight is 667 g/mol. The van der Waals surface area contributed by atoms with E-state index in [0.717, 1.165) is 16.3 Å². The van der Waals surface area contributed by atoms with Crippen LogP contribution in [0.4, 0.5) is 75.4 Å². The van der Waals surface area contributed by atoms with E-state index in [0.29, 0.717) is 5.56 Å². The van der Waals surface area contributed by atoms with Crippen molar-refractivity contribution in [2.45, 2.75) is 60.7 Å². The van der Waals surface area contributed by atoms with Gasteiger partial charge in [-0.2, -0.15) is 70.2 Å². The maximum absolute atomic E-state index is 14.1. The molecule has 2 rings (SSSR count). The van der Waals surface area contributed by atoms with E-state index in [1.54, 1.807) is 13.0 Å². The van der Waals surface area contributed by atoms with Gasteiger partial charge >= 0.3 is 52.7 Å². The summed E-state index contributed by atoms with van der Waals surface area (Å²) in [7, 11) is 0. The van der Waals surface area contributed by atoms with Crippen molar-refractivity contribution in [3.05, 3.63) is 34.7 Å². The summed E-state index contributed by atoms with van der Waals surface area (Å²) in [6.07, 6.45) is 0. The van der Waals surface area contributed by atoms with E-state index >= 15 is 0 Å². The van der Waals surface area contributed by atoms with E-state index in [1.807, 2.05) is 0 Å². The van der Waals surface area contributed by atoms with Crippen LogP contribution in [0.1, 0.15) is 11.1 Å². The fraction of sp³-hybridized carbons (Fsp3) is 0.500. The molecule has 0 fully saturated rings. The van der Waals surface area contributed by atoms with Gasteiger partial charge in [-0.15, -0.1) is 11.3 Å². The summed E-state index contributed by atoms with van der Waals surface area (Å²) >= 11 is 3.66. The fourth-order valence-electron chi connectivity index (χ4n) is 3.04. The molecular formula is C20H11ClF16N2OS. The number of nitrogens with one attached hydrogen (secondary N) is 1. The van der Waals surface area contributed by atoms with Crippen LogP contribution in [0.25, 0.3) is 11.3 Å². The van der Waals surface area contributed by atoms with Gasteiger partial charge in [0.05, 0.1) is 5.69 Å². The van der Waals surface area contributed by atoms with Crippen LogP contribution in [-0.2, 0) is 4.79 Å². The van der Waals surface area contributed by atoms with Crippen molar-refractivity contribution in [2.75, 3.05) is 5.32 Å². The third-order valence-electron chi connectivity index (χ3n) is 5.39. The molecule has 0 bridgehead atoms. The second-order valence-corrected chi connectivity index (χ2v) is 9.66. The first kappa shape index (κ1) is 34.7. The summed E-state index contributed by atoms with van der Waals surface area (Å²) in [4.78, 5) is 15.2. The Bertz CT molecular complexity index is 1300. The van der Waals surface area contributed by atoms with Crippen molar-refractivity contribution >= 4 is 34.0 Å². The van der Waals surface area contributed by atoms with Gasteiger partial charge in [-0.05, 0) is 31.0 Å². The minimum Gasteiger partial charge on any atom is -0.296 e. The molecule has 0 aliphatic rings.